The lowest BCUT2D eigenvalue weighted by atomic mass is 10.2. The van der Waals surface area contributed by atoms with Crippen molar-refractivity contribution in [1.82, 2.24) is 0 Å². The van der Waals surface area contributed by atoms with E-state index in [0.29, 0.717) is 26.3 Å². The summed E-state index contributed by atoms with van der Waals surface area (Å²) >= 11 is 0. The molecule has 0 radical (unpaired) electrons. The first-order valence-electron chi connectivity index (χ1n) is 7.05. The van der Waals surface area contributed by atoms with Crippen LogP contribution in [0.3, 0.4) is 0 Å². The van der Waals surface area contributed by atoms with E-state index < -0.39 is 0 Å². The van der Waals surface area contributed by atoms with Gasteiger partial charge in [0.1, 0.15) is 0 Å². The molecular weight excluding hydrogens is 232 g/mol. The van der Waals surface area contributed by atoms with Crippen LogP contribution in [-0.2, 0) is 14.2 Å². The average molecular weight is 262 g/mol. The van der Waals surface area contributed by atoms with E-state index in [1.165, 1.54) is 0 Å². The van der Waals surface area contributed by atoms with Crippen molar-refractivity contribution in [3.63, 3.8) is 0 Å². The van der Waals surface area contributed by atoms with E-state index >= 15 is 0 Å². The minimum absolute atomic E-state index is 0.669. The number of nitrogens with two attached hydrogens (primary N) is 2. The van der Waals surface area contributed by atoms with E-state index in [9.17, 15) is 0 Å². The fourth-order valence-corrected chi connectivity index (χ4v) is 1.38. The Labute approximate surface area is 111 Å². The highest BCUT2D eigenvalue weighted by Crippen LogP contribution is 1.97. The first kappa shape index (κ1) is 17.8. The van der Waals surface area contributed by atoms with Crippen molar-refractivity contribution in [3.8, 4) is 0 Å². The predicted octanol–water partition coefficient (Wildman–Crippen LogP) is 0.904. The minimum Gasteiger partial charge on any atom is -0.381 e. The molecule has 0 aromatic rings. The van der Waals surface area contributed by atoms with Gasteiger partial charge in [-0.1, -0.05) is 0 Å². The van der Waals surface area contributed by atoms with Gasteiger partial charge in [-0.2, -0.15) is 0 Å². The van der Waals surface area contributed by atoms with Crippen molar-refractivity contribution in [3.05, 3.63) is 0 Å². The van der Waals surface area contributed by atoms with E-state index in [1.807, 2.05) is 0 Å². The molecule has 0 saturated heterocycles. The minimum atomic E-state index is 0.669. The van der Waals surface area contributed by atoms with Crippen LogP contribution in [0.1, 0.15) is 32.1 Å². The molecule has 0 aliphatic rings. The van der Waals surface area contributed by atoms with Crippen LogP contribution in [0.2, 0.25) is 0 Å². The second-order valence-corrected chi connectivity index (χ2v) is 4.18. The summed E-state index contributed by atoms with van der Waals surface area (Å²) in [6.45, 7) is 5.91. The molecule has 5 heteroatoms. The molecule has 0 amide bonds. The van der Waals surface area contributed by atoms with Crippen LogP contribution in [0.25, 0.3) is 0 Å². The van der Waals surface area contributed by atoms with Gasteiger partial charge in [-0.15, -0.1) is 0 Å². The molecule has 5 nitrogen and oxygen atoms in total. The molecular formula is C13H30N2O3. The quantitative estimate of drug-likeness (QED) is 0.429. The van der Waals surface area contributed by atoms with Gasteiger partial charge in [0.25, 0.3) is 0 Å². The lowest BCUT2D eigenvalue weighted by molar-refractivity contribution is 0.0451. The SMILES string of the molecule is NCCCOCCCCCOCCOCCCN. The van der Waals surface area contributed by atoms with Gasteiger partial charge >= 0.3 is 0 Å². The Morgan fingerprint density at radius 1 is 0.444 bits per heavy atom. The van der Waals surface area contributed by atoms with E-state index in [2.05, 4.69) is 0 Å². The number of ether oxygens (including phenoxy) is 3. The van der Waals surface area contributed by atoms with E-state index in [1.54, 1.807) is 0 Å². The fourth-order valence-electron chi connectivity index (χ4n) is 1.38. The maximum absolute atomic E-state index is 5.45. The van der Waals surface area contributed by atoms with Gasteiger partial charge in [0.05, 0.1) is 13.2 Å². The zero-order valence-electron chi connectivity index (χ0n) is 11.6. The molecule has 0 heterocycles. The number of hydrogen-bond acceptors (Lipinski definition) is 5. The summed E-state index contributed by atoms with van der Waals surface area (Å²) in [5.41, 5.74) is 10.7. The van der Waals surface area contributed by atoms with Gasteiger partial charge < -0.3 is 25.7 Å². The van der Waals surface area contributed by atoms with Gasteiger partial charge in [0.2, 0.25) is 0 Å². The summed E-state index contributed by atoms with van der Waals surface area (Å²) in [5.74, 6) is 0. The van der Waals surface area contributed by atoms with Crippen LogP contribution in [0.15, 0.2) is 0 Å². The van der Waals surface area contributed by atoms with Gasteiger partial charge in [-0.3, -0.25) is 0 Å². The molecule has 0 rings (SSSR count). The maximum atomic E-state index is 5.45. The topological polar surface area (TPSA) is 79.7 Å². The molecule has 0 aromatic heterocycles. The molecule has 0 spiro atoms. The molecule has 0 saturated carbocycles. The lowest BCUT2D eigenvalue weighted by Gasteiger charge is -2.06. The number of rotatable bonds is 15. The summed E-state index contributed by atoms with van der Waals surface area (Å²) in [5, 5.41) is 0. The molecule has 4 N–H and O–H groups in total. The second kappa shape index (κ2) is 16.8. The van der Waals surface area contributed by atoms with Crippen molar-refractivity contribution in [2.45, 2.75) is 32.1 Å². The third-order valence-corrected chi connectivity index (χ3v) is 2.43. The van der Waals surface area contributed by atoms with Crippen LogP contribution in [0.5, 0.6) is 0 Å². The molecule has 0 bridgehead atoms. The van der Waals surface area contributed by atoms with Crippen molar-refractivity contribution in [2.75, 3.05) is 52.7 Å². The summed E-state index contributed by atoms with van der Waals surface area (Å²) in [7, 11) is 0. The van der Waals surface area contributed by atoms with Gasteiger partial charge in [-0.05, 0) is 45.2 Å². The van der Waals surface area contributed by atoms with Crippen molar-refractivity contribution < 1.29 is 14.2 Å². The zero-order chi connectivity index (χ0) is 13.3. The van der Waals surface area contributed by atoms with Crippen LogP contribution < -0.4 is 11.5 Å². The molecule has 0 aromatic carbocycles. The smallest absolute Gasteiger partial charge is 0.0700 e. The summed E-state index contributed by atoms with van der Waals surface area (Å²) in [6, 6.07) is 0. The monoisotopic (exact) mass is 262 g/mol. The second-order valence-electron chi connectivity index (χ2n) is 4.18. The highest BCUT2D eigenvalue weighted by Gasteiger charge is 1.92. The molecule has 0 atom stereocenters. The standard InChI is InChI=1S/C13H30N2O3/c14-6-4-10-16-8-2-1-3-9-17-12-13-18-11-5-7-15/h1-15H2. The summed E-state index contributed by atoms with van der Waals surface area (Å²) in [6.07, 6.45) is 5.21. The van der Waals surface area contributed by atoms with Crippen molar-refractivity contribution in [1.29, 1.82) is 0 Å². The fraction of sp³-hybridized carbons (Fsp3) is 1.00. The first-order valence-corrected chi connectivity index (χ1v) is 7.05. The summed E-state index contributed by atoms with van der Waals surface area (Å²) < 4.78 is 16.2. The van der Waals surface area contributed by atoms with Gasteiger partial charge in [0.15, 0.2) is 0 Å². The highest BCUT2D eigenvalue weighted by atomic mass is 16.5. The molecule has 110 valence electrons. The largest absolute Gasteiger partial charge is 0.381 e. The number of hydrogen-bond donors (Lipinski definition) is 2. The number of unbranched alkanes of at least 4 members (excludes halogenated alkanes) is 2. The molecule has 18 heavy (non-hydrogen) atoms. The Morgan fingerprint density at radius 2 is 0.833 bits per heavy atom. The van der Waals surface area contributed by atoms with Crippen molar-refractivity contribution >= 4 is 0 Å². The van der Waals surface area contributed by atoms with E-state index in [4.69, 9.17) is 25.7 Å². The van der Waals surface area contributed by atoms with Crippen LogP contribution in [0.4, 0.5) is 0 Å². The first-order chi connectivity index (χ1) is 8.91. The molecule has 0 fully saturated rings. The normalized spacial score (nSPS) is 11.0. The third kappa shape index (κ3) is 15.8. The van der Waals surface area contributed by atoms with E-state index in [-0.39, 0.29) is 0 Å². The Morgan fingerprint density at radius 3 is 1.28 bits per heavy atom. The van der Waals surface area contributed by atoms with Crippen LogP contribution in [-0.4, -0.2) is 52.7 Å². The Bertz CT molecular complexity index is 132. The molecule has 0 aliphatic heterocycles. The lowest BCUT2D eigenvalue weighted by Crippen LogP contribution is -2.09. The van der Waals surface area contributed by atoms with Gasteiger partial charge in [-0.25, -0.2) is 0 Å². The zero-order valence-corrected chi connectivity index (χ0v) is 11.6. The third-order valence-electron chi connectivity index (χ3n) is 2.43. The Kier molecular flexibility index (Phi) is 16.6. The van der Waals surface area contributed by atoms with Crippen molar-refractivity contribution in [2.24, 2.45) is 11.5 Å². The predicted molar refractivity (Wildman–Crippen MR) is 73.7 cm³/mol. The maximum Gasteiger partial charge on any atom is 0.0700 e. The summed E-state index contributed by atoms with van der Waals surface area (Å²) in [4.78, 5) is 0. The van der Waals surface area contributed by atoms with Crippen LogP contribution >= 0.6 is 0 Å². The molecule has 0 aliphatic carbocycles. The molecule has 0 unspecified atom stereocenters. The average Bonchev–Trinajstić information content (AvgIpc) is 2.39. The van der Waals surface area contributed by atoms with E-state index in [0.717, 1.165) is 58.5 Å². The Hall–Kier alpha value is -0.200. The highest BCUT2D eigenvalue weighted by molar-refractivity contribution is 4.42. The Balaban J connectivity index is 2.86. The van der Waals surface area contributed by atoms with Gasteiger partial charge in [0, 0.05) is 26.4 Å². The van der Waals surface area contributed by atoms with Crippen LogP contribution in [0, 0.1) is 0 Å².